The summed E-state index contributed by atoms with van der Waals surface area (Å²) in [5.74, 6) is -1.31. The van der Waals surface area contributed by atoms with Gasteiger partial charge in [-0.3, -0.25) is 9.69 Å². The highest BCUT2D eigenvalue weighted by atomic mass is 32.2. The highest BCUT2D eigenvalue weighted by Gasteiger charge is 2.33. The Hall–Kier alpha value is -1.59. The predicted molar refractivity (Wildman–Crippen MR) is 100 cm³/mol. The molecule has 1 unspecified atom stereocenters. The number of rotatable bonds is 6. The number of carbonyl (C=O) groups excluding carboxylic acids is 1. The molecule has 1 fully saturated rings. The summed E-state index contributed by atoms with van der Waals surface area (Å²) >= 11 is 0. The van der Waals surface area contributed by atoms with E-state index in [1.54, 1.807) is 32.9 Å². The topological polar surface area (TPSA) is 76.2 Å². The summed E-state index contributed by atoms with van der Waals surface area (Å²) in [5, 5.41) is 0. The highest BCUT2D eigenvalue weighted by Crippen LogP contribution is 2.22. The van der Waals surface area contributed by atoms with Crippen LogP contribution in [0.4, 0.5) is 13.2 Å². The van der Waals surface area contributed by atoms with Gasteiger partial charge in [-0.15, -0.1) is 0 Å². The standard InChI is InChI=1S/C18H27F3N2O5S/c1-17(2,3)28-16(24)12-29(25,26)23-10-8-22(9-11-23)14-4-6-15(7-5-14)27-13-18(19,20)21/h4,6-7,14H,5,8-13H2,1-3H3. The zero-order valence-corrected chi connectivity index (χ0v) is 17.6. The number of halogens is 3. The smallest absolute Gasteiger partial charge is 0.422 e. The van der Waals surface area contributed by atoms with Crippen LogP contribution < -0.4 is 0 Å². The van der Waals surface area contributed by atoms with Crippen molar-refractivity contribution in [3.8, 4) is 0 Å². The molecule has 0 radical (unpaired) electrons. The minimum atomic E-state index is -4.38. The van der Waals surface area contributed by atoms with Gasteiger partial charge in [0.1, 0.15) is 11.4 Å². The van der Waals surface area contributed by atoms with Crippen LogP contribution in [0.15, 0.2) is 24.0 Å². The summed E-state index contributed by atoms with van der Waals surface area (Å²) in [6, 6.07) is -0.0380. The largest absolute Gasteiger partial charge is 0.484 e. The van der Waals surface area contributed by atoms with Crippen molar-refractivity contribution in [2.75, 3.05) is 38.5 Å². The van der Waals surface area contributed by atoms with Crippen LogP contribution in [-0.2, 0) is 24.3 Å². The Balaban J connectivity index is 1.81. The van der Waals surface area contributed by atoms with Crippen molar-refractivity contribution < 1.29 is 35.9 Å². The van der Waals surface area contributed by atoms with Gasteiger partial charge in [0.05, 0.1) is 0 Å². The Morgan fingerprint density at radius 3 is 2.28 bits per heavy atom. The van der Waals surface area contributed by atoms with Gasteiger partial charge in [0.2, 0.25) is 10.0 Å². The Labute approximate surface area is 169 Å². The van der Waals surface area contributed by atoms with Crippen molar-refractivity contribution >= 4 is 16.0 Å². The molecule has 7 nitrogen and oxygen atoms in total. The second kappa shape index (κ2) is 9.05. The van der Waals surface area contributed by atoms with Crippen molar-refractivity contribution in [1.29, 1.82) is 0 Å². The predicted octanol–water partition coefficient (Wildman–Crippen LogP) is 2.07. The monoisotopic (exact) mass is 440 g/mol. The maximum atomic E-state index is 12.4. The molecule has 0 spiro atoms. The molecule has 0 aromatic heterocycles. The molecule has 1 aliphatic heterocycles. The SMILES string of the molecule is CC(C)(C)OC(=O)CS(=O)(=O)N1CCN(C2C=CC(OCC(F)(F)F)=CC2)CC1. The summed E-state index contributed by atoms with van der Waals surface area (Å²) in [6.45, 7) is 5.05. The van der Waals surface area contributed by atoms with Crippen molar-refractivity contribution in [1.82, 2.24) is 9.21 Å². The molecule has 0 N–H and O–H groups in total. The van der Waals surface area contributed by atoms with Crippen molar-refractivity contribution in [3.05, 3.63) is 24.0 Å². The van der Waals surface area contributed by atoms with Crippen LogP contribution >= 0.6 is 0 Å². The number of allylic oxidation sites excluding steroid dienone is 1. The minimum absolute atomic E-state index is 0.0380. The lowest BCUT2D eigenvalue weighted by molar-refractivity contribution is -0.164. The normalized spacial score (nSPS) is 22.3. The zero-order valence-electron chi connectivity index (χ0n) is 16.7. The van der Waals surface area contributed by atoms with E-state index < -0.39 is 40.1 Å². The van der Waals surface area contributed by atoms with Gasteiger partial charge in [0.25, 0.3) is 0 Å². The molecule has 0 saturated carbocycles. The highest BCUT2D eigenvalue weighted by molar-refractivity contribution is 7.89. The van der Waals surface area contributed by atoms with E-state index >= 15 is 0 Å². The zero-order chi connectivity index (χ0) is 21.9. The number of ether oxygens (including phenoxy) is 2. The van der Waals surface area contributed by atoms with Gasteiger partial charge in [-0.1, -0.05) is 6.08 Å². The number of hydrogen-bond donors (Lipinski definition) is 0. The molecule has 1 heterocycles. The number of alkyl halides is 3. The molecule has 166 valence electrons. The maximum absolute atomic E-state index is 12.4. The summed E-state index contributed by atoms with van der Waals surface area (Å²) in [7, 11) is -3.76. The van der Waals surface area contributed by atoms with Crippen LogP contribution in [0.2, 0.25) is 0 Å². The first kappa shape index (κ1) is 23.7. The van der Waals surface area contributed by atoms with E-state index in [1.165, 1.54) is 10.4 Å². The van der Waals surface area contributed by atoms with E-state index in [0.717, 1.165) is 0 Å². The third-order valence-corrected chi connectivity index (χ3v) is 6.05. The number of carbonyl (C=O) groups is 1. The summed E-state index contributed by atoms with van der Waals surface area (Å²) < 4.78 is 72.5. The summed E-state index contributed by atoms with van der Waals surface area (Å²) in [5.41, 5.74) is -0.755. The molecule has 0 amide bonds. The lowest BCUT2D eigenvalue weighted by atomic mass is 10.1. The summed E-state index contributed by atoms with van der Waals surface area (Å²) in [6.07, 6.45) is 0.963. The average molecular weight is 440 g/mol. The van der Waals surface area contributed by atoms with Crippen LogP contribution in [0, 0.1) is 0 Å². The molecular weight excluding hydrogens is 413 g/mol. The first-order chi connectivity index (χ1) is 13.3. The van der Waals surface area contributed by atoms with Crippen LogP contribution in [0.5, 0.6) is 0 Å². The number of hydrogen-bond acceptors (Lipinski definition) is 6. The first-order valence-electron chi connectivity index (χ1n) is 9.27. The van der Waals surface area contributed by atoms with Crippen molar-refractivity contribution in [2.45, 2.75) is 45.0 Å². The van der Waals surface area contributed by atoms with Crippen LogP contribution in [-0.4, -0.2) is 80.0 Å². The van der Waals surface area contributed by atoms with Gasteiger partial charge in [-0.25, -0.2) is 8.42 Å². The van der Waals surface area contributed by atoms with E-state index in [2.05, 4.69) is 0 Å². The molecule has 2 rings (SSSR count). The summed E-state index contributed by atoms with van der Waals surface area (Å²) in [4.78, 5) is 13.9. The molecule has 1 aliphatic carbocycles. The van der Waals surface area contributed by atoms with Crippen molar-refractivity contribution in [3.63, 3.8) is 0 Å². The second-order valence-corrected chi connectivity index (χ2v) is 9.92. The maximum Gasteiger partial charge on any atom is 0.422 e. The van der Waals surface area contributed by atoms with E-state index in [4.69, 9.17) is 9.47 Å². The fourth-order valence-corrected chi connectivity index (χ4v) is 4.32. The third kappa shape index (κ3) is 7.98. The van der Waals surface area contributed by atoms with Gasteiger partial charge < -0.3 is 9.47 Å². The lowest BCUT2D eigenvalue weighted by Crippen LogP contribution is -2.52. The Bertz CT molecular complexity index is 748. The van der Waals surface area contributed by atoms with E-state index in [0.29, 0.717) is 19.5 Å². The molecule has 1 saturated heterocycles. The molecular formula is C18H27F3N2O5S. The molecule has 0 aromatic rings. The fourth-order valence-electron chi connectivity index (χ4n) is 3.06. The van der Waals surface area contributed by atoms with E-state index in [1.807, 2.05) is 4.90 Å². The van der Waals surface area contributed by atoms with Crippen LogP contribution in [0.3, 0.4) is 0 Å². The number of nitrogens with zero attached hydrogens (tertiary/aromatic N) is 2. The van der Waals surface area contributed by atoms with E-state index in [9.17, 15) is 26.4 Å². The van der Waals surface area contributed by atoms with Crippen molar-refractivity contribution in [2.24, 2.45) is 0 Å². The minimum Gasteiger partial charge on any atom is -0.484 e. The Kier molecular flexibility index (Phi) is 7.39. The van der Waals surface area contributed by atoms with Gasteiger partial charge in [-0.2, -0.15) is 17.5 Å². The third-order valence-electron chi connectivity index (χ3n) is 4.30. The van der Waals surface area contributed by atoms with Gasteiger partial charge >= 0.3 is 12.1 Å². The lowest BCUT2D eigenvalue weighted by Gasteiger charge is -2.38. The van der Waals surface area contributed by atoms with Gasteiger partial charge in [-0.05, 0) is 39.3 Å². The Morgan fingerprint density at radius 2 is 1.79 bits per heavy atom. The number of esters is 1. The molecule has 29 heavy (non-hydrogen) atoms. The van der Waals surface area contributed by atoms with Gasteiger partial charge in [0, 0.05) is 32.2 Å². The molecule has 0 bridgehead atoms. The Morgan fingerprint density at radius 1 is 1.17 bits per heavy atom. The van der Waals surface area contributed by atoms with Crippen LogP contribution in [0.1, 0.15) is 27.2 Å². The second-order valence-electron chi connectivity index (χ2n) is 7.95. The van der Waals surface area contributed by atoms with Crippen LogP contribution in [0.25, 0.3) is 0 Å². The molecule has 11 heteroatoms. The fraction of sp³-hybridized carbons (Fsp3) is 0.722. The number of sulfonamides is 1. The van der Waals surface area contributed by atoms with Gasteiger partial charge in [0.15, 0.2) is 12.4 Å². The molecule has 0 aromatic carbocycles. The quantitative estimate of drug-likeness (QED) is 0.589. The first-order valence-corrected chi connectivity index (χ1v) is 10.9. The van der Waals surface area contributed by atoms with E-state index in [-0.39, 0.29) is 24.9 Å². The molecule has 1 atom stereocenters. The number of piperazine rings is 1. The average Bonchev–Trinajstić information content (AvgIpc) is 2.58. The molecule has 2 aliphatic rings.